The SMILES string of the molecule is C=CN(C(C)(C)C)C(C)(C)C.C=CN(C(C)(C)C)C(C)(C)C. The summed E-state index contributed by atoms with van der Waals surface area (Å²) in [6, 6.07) is 0. The average molecular weight is 311 g/mol. The van der Waals surface area contributed by atoms with E-state index in [0.29, 0.717) is 0 Å². The Bertz CT molecular complexity index is 276. The third kappa shape index (κ3) is 8.51. The molecule has 0 spiro atoms. The first-order valence-electron chi connectivity index (χ1n) is 8.23. The molecule has 0 heterocycles. The topological polar surface area (TPSA) is 6.48 Å². The largest absolute Gasteiger partial charge is 0.368 e. The molecule has 0 aromatic rings. The number of hydrogen-bond acceptors (Lipinski definition) is 2. The molecule has 2 nitrogen and oxygen atoms in total. The van der Waals surface area contributed by atoms with Gasteiger partial charge in [0.05, 0.1) is 0 Å². The van der Waals surface area contributed by atoms with Crippen LogP contribution in [-0.4, -0.2) is 32.0 Å². The predicted molar refractivity (Wildman–Crippen MR) is 103 cm³/mol. The van der Waals surface area contributed by atoms with Crippen LogP contribution in [0.2, 0.25) is 0 Å². The van der Waals surface area contributed by atoms with Crippen LogP contribution in [0.1, 0.15) is 83.1 Å². The Kier molecular flexibility index (Phi) is 8.03. The van der Waals surface area contributed by atoms with Crippen molar-refractivity contribution in [3.63, 3.8) is 0 Å². The third-order valence-corrected chi connectivity index (χ3v) is 3.26. The fraction of sp³-hybridized carbons (Fsp3) is 0.800. The summed E-state index contributed by atoms with van der Waals surface area (Å²) in [6.45, 7) is 34.0. The Morgan fingerprint density at radius 3 is 0.591 bits per heavy atom. The zero-order valence-corrected chi connectivity index (χ0v) is 17.5. The number of nitrogens with zero attached hydrogens (tertiary/aromatic N) is 2. The summed E-state index contributed by atoms with van der Waals surface area (Å²) < 4.78 is 0. The molecule has 0 aliphatic heterocycles. The summed E-state index contributed by atoms with van der Waals surface area (Å²) in [7, 11) is 0. The van der Waals surface area contributed by atoms with Crippen LogP contribution in [-0.2, 0) is 0 Å². The summed E-state index contributed by atoms with van der Waals surface area (Å²) in [5, 5.41) is 0. The quantitative estimate of drug-likeness (QED) is 0.612. The van der Waals surface area contributed by atoms with Crippen LogP contribution in [0.5, 0.6) is 0 Å². The smallest absolute Gasteiger partial charge is 0.0317 e. The second-order valence-electron chi connectivity index (χ2n) is 9.79. The van der Waals surface area contributed by atoms with Crippen LogP contribution in [0.15, 0.2) is 25.6 Å². The van der Waals surface area contributed by atoms with Gasteiger partial charge in [0.1, 0.15) is 0 Å². The lowest BCUT2D eigenvalue weighted by atomic mass is 9.97. The van der Waals surface area contributed by atoms with Crippen molar-refractivity contribution in [1.29, 1.82) is 0 Å². The van der Waals surface area contributed by atoms with E-state index in [2.05, 4.69) is 106 Å². The van der Waals surface area contributed by atoms with Gasteiger partial charge in [0.15, 0.2) is 0 Å². The van der Waals surface area contributed by atoms with E-state index in [4.69, 9.17) is 0 Å². The maximum absolute atomic E-state index is 3.82. The highest BCUT2D eigenvalue weighted by atomic mass is 15.2. The molecule has 0 fully saturated rings. The summed E-state index contributed by atoms with van der Waals surface area (Å²) in [5.41, 5.74) is 0.667. The Hall–Kier alpha value is -0.920. The molecule has 0 radical (unpaired) electrons. The van der Waals surface area contributed by atoms with E-state index in [9.17, 15) is 0 Å². The fourth-order valence-corrected chi connectivity index (χ4v) is 3.11. The van der Waals surface area contributed by atoms with E-state index in [1.54, 1.807) is 0 Å². The minimum absolute atomic E-state index is 0.167. The maximum atomic E-state index is 3.82. The van der Waals surface area contributed by atoms with Crippen molar-refractivity contribution in [2.45, 2.75) is 105 Å². The molecule has 2 heteroatoms. The van der Waals surface area contributed by atoms with Gasteiger partial charge in [-0.3, -0.25) is 0 Å². The molecule has 0 unspecified atom stereocenters. The Labute approximate surface area is 141 Å². The molecule has 0 aromatic carbocycles. The van der Waals surface area contributed by atoms with Gasteiger partial charge in [-0.15, -0.1) is 0 Å². The molecular weight excluding hydrogens is 268 g/mol. The number of hydrogen-bond donors (Lipinski definition) is 0. The van der Waals surface area contributed by atoms with Gasteiger partial charge in [-0.25, -0.2) is 0 Å². The molecule has 0 saturated carbocycles. The zero-order valence-electron chi connectivity index (χ0n) is 17.5. The van der Waals surface area contributed by atoms with Crippen molar-refractivity contribution < 1.29 is 0 Å². The molecule has 0 saturated heterocycles. The van der Waals surface area contributed by atoms with E-state index < -0.39 is 0 Å². The molecule has 0 aliphatic carbocycles. The normalized spacial score (nSPS) is 12.9. The summed E-state index contributed by atoms with van der Waals surface area (Å²) >= 11 is 0. The fourth-order valence-electron chi connectivity index (χ4n) is 3.11. The van der Waals surface area contributed by atoms with E-state index >= 15 is 0 Å². The molecule has 0 aliphatic rings. The van der Waals surface area contributed by atoms with Gasteiger partial charge in [0.2, 0.25) is 0 Å². The first kappa shape index (κ1) is 23.3. The lowest BCUT2D eigenvalue weighted by molar-refractivity contribution is 0.0962. The van der Waals surface area contributed by atoms with Crippen LogP contribution in [0.25, 0.3) is 0 Å². The molecule has 0 N–H and O–H groups in total. The van der Waals surface area contributed by atoms with Crippen molar-refractivity contribution in [3.05, 3.63) is 25.6 Å². The van der Waals surface area contributed by atoms with Crippen LogP contribution in [0, 0.1) is 0 Å². The molecule has 0 bridgehead atoms. The van der Waals surface area contributed by atoms with E-state index in [1.165, 1.54) is 0 Å². The van der Waals surface area contributed by atoms with Gasteiger partial charge in [-0.05, 0) is 95.5 Å². The minimum atomic E-state index is 0.167. The van der Waals surface area contributed by atoms with E-state index in [-0.39, 0.29) is 22.2 Å². The van der Waals surface area contributed by atoms with Crippen molar-refractivity contribution in [3.8, 4) is 0 Å². The van der Waals surface area contributed by atoms with Crippen LogP contribution in [0.3, 0.4) is 0 Å². The van der Waals surface area contributed by atoms with E-state index in [1.807, 2.05) is 12.4 Å². The van der Waals surface area contributed by atoms with Crippen molar-refractivity contribution >= 4 is 0 Å². The average Bonchev–Trinajstić information content (AvgIpc) is 2.09. The lowest BCUT2D eigenvalue weighted by Crippen LogP contribution is -2.48. The number of rotatable bonds is 2. The monoisotopic (exact) mass is 310 g/mol. The van der Waals surface area contributed by atoms with Crippen molar-refractivity contribution in [1.82, 2.24) is 9.80 Å². The molecule has 132 valence electrons. The van der Waals surface area contributed by atoms with Crippen molar-refractivity contribution in [2.75, 3.05) is 0 Å². The summed E-state index contributed by atoms with van der Waals surface area (Å²) in [5.74, 6) is 0. The van der Waals surface area contributed by atoms with Gasteiger partial charge in [-0.1, -0.05) is 13.2 Å². The molecule has 0 amide bonds. The highest BCUT2D eigenvalue weighted by Crippen LogP contribution is 2.25. The minimum Gasteiger partial charge on any atom is -0.368 e. The molecule has 0 rings (SSSR count). The Morgan fingerprint density at radius 1 is 0.455 bits per heavy atom. The molecule has 0 atom stereocenters. The van der Waals surface area contributed by atoms with Gasteiger partial charge < -0.3 is 9.80 Å². The van der Waals surface area contributed by atoms with E-state index in [0.717, 1.165) is 0 Å². The Balaban J connectivity index is 0. The molecule has 22 heavy (non-hydrogen) atoms. The van der Waals surface area contributed by atoms with Gasteiger partial charge in [-0.2, -0.15) is 0 Å². The first-order chi connectivity index (χ1) is 9.39. The first-order valence-corrected chi connectivity index (χ1v) is 8.23. The summed E-state index contributed by atoms with van der Waals surface area (Å²) in [6.07, 6.45) is 3.83. The maximum Gasteiger partial charge on any atom is 0.0317 e. The lowest BCUT2D eigenvalue weighted by Gasteiger charge is -2.44. The van der Waals surface area contributed by atoms with Gasteiger partial charge >= 0.3 is 0 Å². The third-order valence-electron chi connectivity index (χ3n) is 3.26. The highest BCUT2D eigenvalue weighted by Gasteiger charge is 2.28. The van der Waals surface area contributed by atoms with Gasteiger partial charge in [0, 0.05) is 22.2 Å². The van der Waals surface area contributed by atoms with Gasteiger partial charge in [0.25, 0.3) is 0 Å². The van der Waals surface area contributed by atoms with Crippen LogP contribution >= 0.6 is 0 Å². The van der Waals surface area contributed by atoms with Crippen LogP contribution in [0.4, 0.5) is 0 Å². The zero-order chi connectivity index (χ0) is 18.6. The van der Waals surface area contributed by atoms with Crippen molar-refractivity contribution in [2.24, 2.45) is 0 Å². The Morgan fingerprint density at radius 2 is 0.591 bits per heavy atom. The van der Waals surface area contributed by atoms with Crippen LogP contribution < -0.4 is 0 Å². The predicted octanol–water partition coefficient (Wildman–Crippen LogP) is 6.06. The highest BCUT2D eigenvalue weighted by molar-refractivity contribution is 4.93. The second-order valence-corrected chi connectivity index (χ2v) is 9.79. The second kappa shape index (κ2) is 7.57. The molecular formula is C20H42N2. The summed E-state index contributed by atoms with van der Waals surface area (Å²) in [4.78, 5) is 4.53. The standard InChI is InChI=1S/2C10H21N/c2*1-8-11(9(2,3)4)10(5,6)7/h2*8H,1H2,2-7H3. The molecule has 0 aromatic heterocycles.